The fraction of sp³-hybridized carbons (Fsp3) is 0.286. The van der Waals surface area contributed by atoms with E-state index in [2.05, 4.69) is 47.1 Å². The van der Waals surface area contributed by atoms with Crippen molar-refractivity contribution in [3.8, 4) is 0 Å². The van der Waals surface area contributed by atoms with E-state index in [1.807, 2.05) is 18.3 Å². The van der Waals surface area contributed by atoms with Crippen LogP contribution in [-0.2, 0) is 0 Å². The molecule has 1 heterocycles. The van der Waals surface area contributed by atoms with Crippen LogP contribution < -0.4 is 10.6 Å². The van der Waals surface area contributed by atoms with Gasteiger partial charge in [0.05, 0.1) is 6.04 Å². The number of likely N-dealkylation sites (N-methyl/N-ethyl adjacent to an activating group) is 1. The van der Waals surface area contributed by atoms with Gasteiger partial charge >= 0.3 is 0 Å². The van der Waals surface area contributed by atoms with E-state index in [0.29, 0.717) is 6.54 Å². The highest BCUT2D eigenvalue weighted by molar-refractivity contribution is 5.48. The van der Waals surface area contributed by atoms with Crippen LogP contribution >= 0.6 is 0 Å². The number of rotatable bonds is 5. The van der Waals surface area contributed by atoms with E-state index in [-0.39, 0.29) is 6.04 Å². The third-order valence-corrected chi connectivity index (χ3v) is 3.01. The number of nitrogens with one attached hydrogen (secondary N) is 1. The summed E-state index contributed by atoms with van der Waals surface area (Å²) in [7, 11) is 0. The molecule has 0 aliphatic heterocycles. The van der Waals surface area contributed by atoms with Crippen molar-refractivity contribution in [3.05, 3.63) is 54.4 Å². The fourth-order valence-electron chi connectivity index (χ4n) is 2.18. The molecule has 0 saturated carbocycles. The highest BCUT2D eigenvalue weighted by Gasteiger charge is 2.18. The van der Waals surface area contributed by atoms with Crippen molar-refractivity contribution < 1.29 is 0 Å². The second kappa shape index (κ2) is 5.55. The topological polar surface area (TPSA) is 45.0 Å². The zero-order valence-electron chi connectivity index (χ0n) is 10.1. The van der Waals surface area contributed by atoms with Gasteiger partial charge in [0.25, 0.3) is 0 Å². The molecular weight excluding hydrogens is 210 g/mol. The van der Waals surface area contributed by atoms with E-state index in [9.17, 15) is 0 Å². The molecule has 3 heteroatoms. The number of hydrogen-bond donors (Lipinski definition) is 2. The average Bonchev–Trinajstić information content (AvgIpc) is 2.90. The predicted molar refractivity (Wildman–Crippen MR) is 72.1 cm³/mol. The zero-order valence-corrected chi connectivity index (χ0v) is 10.1. The number of nitrogens with zero attached hydrogens (tertiary/aromatic N) is 1. The number of para-hydroxylation sites is 1. The fourth-order valence-corrected chi connectivity index (χ4v) is 2.18. The summed E-state index contributed by atoms with van der Waals surface area (Å²) in [5, 5.41) is 0. The molecule has 1 atom stereocenters. The number of nitrogens with two attached hydrogens (primary N) is 1. The standard InChI is InChI=1S/C14H19N3/c1-2-17(12-7-4-3-5-8-12)14(11-15)13-9-6-10-16-13/h3-10,14,16H,2,11,15H2,1H3. The van der Waals surface area contributed by atoms with E-state index < -0.39 is 0 Å². The maximum atomic E-state index is 5.92. The molecule has 3 N–H and O–H groups in total. The summed E-state index contributed by atoms with van der Waals surface area (Å²) in [5.74, 6) is 0. The van der Waals surface area contributed by atoms with Gasteiger partial charge in [-0.25, -0.2) is 0 Å². The highest BCUT2D eigenvalue weighted by Crippen LogP contribution is 2.24. The Bertz CT molecular complexity index is 422. The zero-order chi connectivity index (χ0) is 12.1. The first-order chi connectivity index (χ1) is 8.36. The van der Waals surface area contributed by atoms with E-state index in [4.69, 9.17) is 5.73 Å². The molecule has 0 aliphatic rings. The number of H-pyrrole nitrogens is 1. The number of anilines is 1. The Morgan fingerprint density at radius 2 is 1.94 bits per heavy atom. The highest BCUT2D eigenvalue weighted by atomic mass is 15.2. The molecule has 2 rings (SSSR count). The van der Waals surface area contributed by atoms with Gasteiger partial charge < -0.3 is 15.6 Å². The maximum absolute atomic E-state index is 5.92. The minimum absolute atomic E-state index is 0.206. The van der Waals surface area contributed by atoms with Gasteiger partial charge in [-0.05, 0) is 31.2 Å². The molecule has 90 valence electrons. The van der Waals surface area contributed by atoms with Crippen molar-refractivity contribution in [1.29, 1.82) is 0 Å². The molecule has 1 aromatic heterocycles. The molecule has 0 radical (unpaired) electrons. The molecule has 0 spiro atoms. The van der Waals surface area contributed by atoms with Gasteiger partial charge in [0.1, 0.15) is 0 Å². The van der Waals surface area contributed by atoms with E-state index in [1.165, 1.54) is 11.4 Å². The van der Waals surface area contributed by atoms with Gasteiger partial charge in [0.15, 0.2) is 0 Å². The molecule has 0 bridgehead atoms. The number of hydrogen-bond acceptors (Lipinski definition) is 2. The average molecular weight is 229 g/mol. The molecule has 1 unspecified atom stereocenters. The predicted octanol–water partition coefficient (Wildman–Crippen LogP) is 2.54. The smallest absolute Gasteiger partial charge is 0.0813 e. The second-order valence-corrected chi connectivity index (χ2v) is 4.00. The Kier molecular flexibility index (Phi) is 3.83. The van der Waals surface area contributed by atoms with Crippen LogP contribution in [0.1, 0.15) is 18.7 Å². The summed E-state index contributed by atoms with van der Waals surface area (Å²) in [5.41, 5.74) is 8.29. The molecule has 2 aromatic rings. The largest absolute Gasteiger partial charge is 0.363 e. The van der Waals surface area contributed by atoms with Crippen molar-refractivity contribution in [2.24, 2.45) is 5.73 Å². The van der Waals surface area contributed by atoms with Gasteiger partial charge in [0.2, 0.25) is 0 Å². The first-order valence-electron chi connectivity index (χ1n) is 6.02. The normalized spacial score (nSPS) is 12.4. The quantitative estimate of drug-likeness (QED) is 0.827. The molecule has 3 nitrogen and oxygen atoms in total. The van der Waals surface area contributed by atoms with Crippen molar-refractivity contribution in [2.45, 2.75) is 13.0 Å². The van der Waals surface area contributed by atoms with Crippen LogP contribution in [0.25, 0.3) is 0 Å². The summed E-state index contributed by atoms with van der Waals surface area (Å²) in [6, 6.07) is 14.7. The first kappa shape index (κ1) is 11.7. The lowest BCUT2D eigenvalue weighted by atomic mass is 10.1. The Balaban J connectivity index is 2.28. The van der Waals surface area contributed by atoms with Crippen molar-refractivity contribution >= 4 is 5.69 Å². The summed E-state index contributed by atoms with van der Waals surface area (Å²) >= 11 is 0. The Labute approximate surface area is 102 Å². The molecule has 0 fully saturated rings. The molecule has 0 aliphatic carbocycles. The van der Waals surface area contributed by atoms with Crippen LogP contribution in [0.4, 0.5) is 5.69 Å². The van der Waals surface area contributed by atoms with Crippen LogP contribution in [0.3, 0.4) is 0 Å². The number of benzene rings is 1. The molecule has 17 heavy (non-hydrogen) atoms. The van der Waals surface area contributed by atoms with E-state index in [1.54, 1.807) is 0 Å². The Morgan fingerprint density at radius 1 is 1.18 bits per heavy atom. The van der Waals surface area contributed by atoms with Crippen molar-refractivity contribution in [2.75, 3.05) is 18.0 Å². The summed E-state index contributed by atoms with van der Waals surface area (Å²) in [6.45, 7) is 3.69. The summed E-state index contributed by atoms with van der Waals surface area (Å²) < 4.78 is 0. The molecule has 0 saturated heterocycles. The van der Waals surface area contributed by atoms with Crippen LogP contribution in [0.2, 0.25) is 0 Å². The third-order valence-electron chi connectivity index (χ3n) is 3.01. The maximum Gasteiger partial charge on any atom is 0.0813 e. The minimum atomic E-state index is 0.206. The second-order valence-electron chi connectivity index (χ2n) is 4.00. The number of aromatic nitrogens is 1. The lowest BCUT2D eigenvalue weighted by Gasteiger charge is -2.31. The Hall–Kier alpha value is -1.74. The van der Waals surface area contributed by atoms with Crippen molar-refractivity contribution in [3.63, 3.8) is 0 Å². The van der Waals surface area contributed by atoms with E-state index in [0.717, 1.165) is 6.54 Å². The first-order valence-corrected chi connectivity index (χ1v) is 6.02. The number of aromatic amines is 1. The molecule has 1 aromatic carbocycles. The van der Waals surface area contributed by atoms with Crippen LogP contribution in [0, 0.1) is 0 Å². The Morgan fingerprint density at radius 3 is 2.47 bits per heavy atom. The van der Waals surface area contributed by atoms with Crippen molar-refractivity contribution in [1.82, 2.24) is 4.98 Å². The lowest BCUT2D eigenvalue weighted by Crippen LogP contribution is -2.33. The van der Waals surface area contributed by atoms with Crippen LogP contribution in [0.15, 0.2) is 48.7 Å². The minimum Gasteiger partial charge on any atom is -0.363 e. The molecular formula is C14H19N3. The van der Waals surface area contributed by atoms with Crippen LogP contribution in [0.5, 0.6) is 0 Å². The van der Waals surface area contributed by atoms with Gasteiger partial charge in [-0.1, -0.05) is 18.2 Å². The van der Waals surface area contributed by atoms with Gasteiger partial charge in [-0.15, -0.1) is 0 Å². The van der Waals surface area contributed by atoms with Crippen LogP contribution in [-0.4, -0.2) is 18.1 Å². The monoisotopic (exact) mass is 229 g/mol. The van der Waals surface area contributed by atoms with E-state index >= 15 is 0 Å². The van der Waals surface area contributed by atoms with Gasteiger partial charge in [-0.2, -0.15) is 0 Å². The van der Waals surface area contributed by atoms with Gasteiger partial charge in [-0.3, -0.25) is 0 Å². The summed E-state index contributed by atoms with van der Waals surface area (Å²) in [6.07, 6.45) is 1.94. The molecule has 0 amide bonds. The summed E-state index contributed by atoms with van der Waals surface area (Å²) in [4.78, 5) is 5.56. The lowest BCUT2D eigenvalue weighted by molar-refractivity contribution is 0.630. The SMILES string of the molecule is CCN(c1ccccc1)C(CN)c1ccc[nH]1. The van der Waals surface area contributed by atoms with Gasteiger partial charge in [0, 0.05) is 30.7 Å². The third kappa shape index (κ3) is 2.50.